The van der Waals surface area contributed by atoms with Crippen molar-refractivity contribution in [2.24, 2.45) is 0 Å². The number of nitrogens with one attached hydrogen (secondary N) is 2. The molecule has 0 spiro atoms. The quantitative estimate of drug-likeness (QED) is 0.620. The van der Waals surface area contributed by atoms with E-state index in [4.69, 9.17) is 0 Å². The first-order chi connectivity index (χ1) is 11.0. The average Bonchev–Trinajstić information content (AvgIpc) is 2.55. The van der Waals surface area contributed by atoms with Gasteiger partial charge in [0.25, 0.3) is 0 Å². The lowest BCUT2D eigenvalue weighted by atomic mass is 10.1. The third kappa shape index (κ3) is 3.74. The molecule has 3 nitrogen and oxygen atoms in total. The van der Waals surface area contributed by atoms with Crippen molar-refractivity contribution < 1.29 is 13.2 Å². The Morgan fingerprint density at radius 3 is 2.83 bits per heavy atom. The van der Waals surface area contributed by atoms with Gasteiger partial charge in [-0.25, -0.2) is 0 Å². The van der Waals surface area contributed by atoms with Crippen LogP contribution in [0.4, 0.5) is 18.9 Å². The van der Waals surface area contributed by atoms with Crippen LogP contribution in [0.2, 0.25) is 0 Å². The molecule has 1 aliphatic rings. The molecule has 1 aromatic carbocycles. The van der Waals surface area contributed by atoms with Gasteiger partial charge >= 0.3 is 6.18 Å². The van der Waals surface area contributed by atoms with Gasteiger partial charge in [-0.3, -0.25) is 4.98 Å². The summed E-state index contributed by atoms with van der Waals surface area (Å²) in [6, 6.07) is 8.31. The molecule has 1 unspecified atom stereocenters. The van der Waals surface area contributed by atoms with Gasteiger partial charge < -0.3 is 10.6 Å². The summed E-state index contributed by atoms with van der Waals surface area (Å²) in [6.45, 7) is 0.970. The molecule has 2 aromatic rings. The molecule has 0 amide bonds. The van der Waals surface area contributed by atoms with E-state index in [0.29, 0.717) is 16.6 Å². The van der Waals surface area contributed by atoms with Crippen LogP contribution in [0.3, 0.4) is 0 Å². The molecule has 6 heteroatoms. The summed E-state index contributed by atoms with van der Waals surface area (Å²) in [5.41, 5.74) is 0.251. The first kappa shape index (κ1) is 15.6. The Hall–Kier alpha value is -2.26. The van der Waals surface area contributed by atoms with Crippen LogP contribution in [0.5, 0.6) is 0 Å². The van der Waals surface area contributed by atoms with Gasteiger partial charge in [0.1, 0.15) is 0 Å². The van der Waals surface area contributed by atoms with Crippen LogP contribution in [-0.2, 0) is 6.18 Å². The van der Waals surface area contributed by atoms with Crippen LogP contribution in [0, 0.1) is 12.0 Å². The van der Waals surface area contributed by atoms with E-state index in [-0.39, 0.29) is 6.04 Å². The number of hydrogen-bond donors (Lipinski definition) is 2. The number of halogens is 3. The fraction of sp³-hybridized carbons (Fsp3) is 0.353. The maximum absolute atomic E-state index is 12.8. The third-order valence-corrected chi connectivity index (χ3v) is 3.82. The number of pyridine rings is 1. The molecule has 3 rings (SSSR count). The van der Waals surface area contributed by atoms with Crippen molar-refractivity contribution in [3.05, 3.63) is 36.0 Å². The Labute approximate surface area is 132 Å². The van der Waals surface area contributed by atoms with Crippen molar-refractivity contribution in [3.63, 3.8) is 0 Å². The maximum Gasteiger partial charge on any atom is 0.416 e. The number of rotatable bonds is 1. The number of fused-ring (bicyclic) bond motifs is 1. The van der Waals surface area contributed by atoms with E-state index >= 15 is 0 Å². The normalized spacial score (nSPS) is 18.3. The number of anilines is 1. The van der Waals surface area contributed by atoms with E-state index in [1.807, 2.05) is 0 Å². The van der Waals surface area contributed by atoms with Gasteiger partial charge in [0.2, 0.25) is 0 Å². The van der Waals surface area contributed by atoms with E-state index in [0.717, 1.165) is 31.5 Å². The Balaban J connectivity index is 1.82. The lowest BCUT2D eigenvalue weighted by Crippen LogP contribution is -2.32. The largest absolute Gasteiger partial charge is 0.416 e. The minimum atomic E-state index is -4.37. The zero-order valence-electron chi connectivity index (χ0n) is 12.4. The van der Waals surface area contributed by atoms with Crippen molar-refractivity contribution in [3.8, 4) is 12.0 Å². The van der Waals surface area contributed by atoms with Crippen LogP contribution in [-0.4, -0.2) is 17.6 Å². The number of hydrogen-bond acceptors (Lipinski definition) is 3. The fourth-order valence-corrected chi connectivity index (χ4v) is 2.60. The number of benzene rings is 1. The second kappa shape index (κ2) is 6.47. The SMILES string of the molecule is FC(F)(F)c1ccc2c(NC#CC3CCCCN3)ccnc2c1. The molecule has 0 saturated carbocycles. The Kier molecular flexibility index (Phi) is 4.39. The van der Waals surface area contributed by atoms with Gasteiger partial charge in [-0.2, -0.15) is 13.2 Å². The molecular formula is C17H16F3N3. The minimum Gasteiger partial charge on any atom is -0.314 e. The van der Waals surface area contributed by atoms with Gasteiger partial charge in [-0.15, -0.1) is 0 Å². The summed E-state index contributed by atoms with van der Waals surface area (Å²) in [7, 11) is 0. The monoisotopic (exact) mass is 319 g/mol. The molecule has 0 bridgehead atoms. The average molecular weight is 319 g/mol. The lowest BCUT2D eigenvalue weighted by molar-refractivity contribution is -0.137. The zero-order valence-corrected chi connectivity index (χ0v) is 12.4. The number of alkyl halides is 3. The van der Waals surface area contributed by atoms with Crippen molar-refractivity contribution in [2.75, 3.05) is 11.9 Å². The Morgan fingerprint density at radius 2 is 2.09 bits per heavy atom. The molecule has 23 heavy (non-hydrogen) atoms. The Morgan fingerprint density at radius 1 is 1.22 bits per heavy atom. The van der Waals surface area contributed by atoms with Crippen LogP contribution in [0.15, 0.2) is 30.5 Å². The van der Waals surface area contributed by atoms with Crippen molar-refractivity contribution >= 4 is 16.6 Å². The van der Waals surface area contributed by atoms with Gasteiger partial charge in [0, 0.05) is 17.6 Å². The second-order valence-electron chi connectivity index (χ2n) is 5.49. The number of nitrogens with zero attached hydrogens (tertiary/aromatic N) is 1. The van der Waals surface area contributed by atoms with Gasteiger partial charge in [-0.1, -0.05) is 12.0 Å². The molecule has 1 atom stereocenters. The standard InChI is InChI=1S/C17H16F3N3/c18-17(19,20)12-4-5-14-15(7-10-23-16(14)11-12)22-9-6-13-3-1-2-8-21-13/h4-5,7,10-11,13,21H,1-3,8H2,(H,22,23). The van der Waals surface area contributed by atoms with Crippen molar-refractivity contribution in [1.82, 2.24) is 10.3 Å². The first-order valence-electron chi connectivity index (χ1n) is 7.50. The summed E-state index contributed by atoms with van der Waals surface area (Å²) in [4.78, 5) is 4.01. The van der Waals surface area contributed by atoms with Crippen LogP contribution >= 0.6 is 0 Å². The zero-order chi connectivity index (χ0) is 16.3. The van der Waals surface area contributed by atoms with E-state index < -0.39 is 11.7 Å². The smallest absolute Gasteiger partial charge is 0.314 e. The molecule has 1 aromatic heterocycles. The fourth-order valence-electron chi connectivity index (χ4n) is 2.60. The third-order valence-electron chi connectivity index (χ3n) is 3.82. The second-order valence-corrected chi connectivity index (χ2v) is 5.49. The van der Waals surface area contributed by atoms with Gasteiger partial charge in [0.05, 0.1) is 22.8 Å². The highest BCUT2D eigenvalue weighted by atomic mass is 19.4. The molecule has 2 heterocycles. The summed E-state index contributed by atoms with van der Waals surface area (Å²) >= 11 is 0. The van der Waals surface area contributed by atoms with Crippen LogP contribution < -0.4 is 10.6 Å². The van der Waals surface area contributed by atoms with Crippen molar-refractivity contribution in [1.29, 1.82) is 0 Å². The van der Waals surface area contributed by atoms with E-state index in [2.05, 4.69) is 27.6 Å². The van der Waals surface area contributed by atoms with Gasteiger partial charge in [0.15, 0.2) is 0 Å². The van der Waals surface area contributed by atoms with Gasteiger partial charge in [-0.05, 0) is 44.0 Å². The van der Waals surface area contributed by atoms with E-state index in [1.54, 1.807) is 6.07 Å². The highest BCUT2D eigenvalue weighted by molar-refractivity contribution is 5.92. The van der Waals surface area contributed by atoms with Crippen LogP contribution in [0.1, 0.15) is 24.8 Å². The lowest BCUT2D eigenvalue weighted by Gasteiger charge is -2.17. The predicted molar refractivity (Wildman–Crippen MR) is 83.8 cm³/mol. The topological polar surface area (TPSA) is 37.0 Å². The van der Waals surface area contributed by atoms with Crippen molar-refractivity contribution in [2.45, 2.75) is 31.5 Å². The number of piperidine rings is 1. The molecule has 120 valence electrons. The molecule has 2 N–H and O–H groups in total. The maximum atomic E-state index is 12.8. The summed E-state index contributed by atoms with van der Waals surface area (Å²) in [5, 5.41) is 6.90. The summed E-state index contributed by atoms with van der Waals surface area (Å²) < 4.78 is 38.3. The van der Waals surface area contributed by atoms with E-state index in [9.17, 15) is 13.2 Å². The summed E-state index contributed by atoms with van der Waals surface area (Å²) in [5.74, 6) is 3.10. The minimum absolute atomic E-state index is 0.168. The highest BCUT2D eigenvalue weighted by Gasteiger charge is 2.30. The highest BCUT2D eigenvalue weighted by Crippen LogP contribution is 2.32. The first-order valence-corrected chi connectivity index (χ1v) is 7.50. The summed E-state index contributed by atoms with van der Waals surface area (Å²) in [6.07, 6.45) is 0.449. The predicted octanol–water partition coefficient (Wildman–Crippen LogP) is 3.77. The Bertz CT molecular complexity index is 753. The van der Waals surface area contributed by atoms with Crippen LogP contribution in [0.25, 0.3) is 10.9 Å². The van der Waals surface area contributed by atoms with E-state index in [1.165, 1.54) is 18.7 Å². The molecule has 1 fully saturated rings. The molecule has 1 aliphatic heterocycles. The molecule has 1 saturated heterocycles. The molecular weight excluding hydrogens is 303 g/mol. The number of aromatic nitrogens is 1. The molecule has 0 radical (unpaired) electrons. The molecule has 0 aliphatic carbocycles.